The van der Waals surface area contributed by atoms with Crippen molar-refractivity contribution in [1.82, 2.24) is 5.32 Å². The molecule has 0 spiro atoms. The first-order valence-corrected chi connectivity index (χ1v) is 4.85. The van der Waals surface area contributed by atoms with Crippen LogP contribution in [0.25, 0.3) is 0 Å². The summed E-state index contributed by atoms with van der Waals surface area (Å²) in [5, 5.41) is 12.8. The van der Waals surface area contributed by atoms with Crippen LogP contribution in [0.15, 0.2) is 12.1 Å². The average molecular weight is 194 g/mol. The van der Waals surface area contributed by atoms with Crippen molar-refractivity contribution in [2.45, 2.75) is 20.4 Å². The highest BCUT2D eigenvalue weighted by atomic mass is 16.3. The molecule has 0 amide bonds. The Balaban J connectivity index is 2.69. The Kier molecular flexibility index (Phi) is 3.92. The summed E-state index contributed by atoms with van der Waals surface area (Å²) in [6.45, 7) is 6.09. The van der Waals surface area contributed by atoms with E-state index >= 15 is 0 Å². The number of phenols is 1. The molecule has 78 valence electrons. The van der Waals surface area contributed by atoms with E-state index in [4.69, 9.17) is 5.73 Å². The van der Waals surface area contributed by atoms with E-state index in [1.807, 2.05) is 26.0 Å². The van der Waals surface area contributed by atoms with Gasteiger partial charge in [0.15, 0.2) is 0 Å². The zero-order valence-corrected chi connectivity index (χ0v) is 8.80. The van der Waals surface area contributed by atoms with E-state index in [0.29, 0.717) is 12.3 Å². The first-order valence-electron chi connectivity index (χ1n) is 4.85. The number of benzene rings is 1. The number of nitrogens with one attached hydrogen (secondary N) is 1. The highest BCUT2D eigenvalue weighted by Crippen LogP contribution is 2.22. The number of aryl methyl sites for hydroxylation is 2. The van der Waals surface area contributed by atoms with Crippen LogP contribution in [0.4, 0.5) is 0 Å². The Morgan fingerprint density at radius 1 is 1.29 bits per heavy atom. The predicted octanol–water partition coefficient (Wildman–Crippen LogP) is 1.06. The lowest BCUT2D eigenvalue weighted by Crippen LogP contribution is -2.21. The molecule has 0 saturated heterocycles. The largest absolute Gasteiger partial charge is 0.507 e. The van der Waals surface area contributed by atoms with Crippen LogP contribution in [0.5, 0.6) is 5.75 Å². The van der Waals surface area contributed by atoms with E-state index in [0.717, 1.165) is 24.2 Å². The minimum Gasteiger partial charge on any atom is -0.507 e. The van der Waals surface area contributed by atoms with E-state index in [1.165, 1.54) is 5.56 Å². The van der Waals surface area contributed by atoms with Gasteiger partial charge in [0, 0.05) is 19.6 Å². The van der Waals surface area contributed by atoms with Crippen LogP contribution in [-0.2, 0) is 6.54 Å². The quantitative estimate of drug-likeness (QED) is 0.628. The zero-order chi connectivity index (χ0) is 10.6. The molecule has 14 heavy (non-hydrogen) atoms. The van der Waals surface area contributed by atoms with E-state index in [2.05, 4.69) is 5.32 Å². The van der Waals surface area contributed by atoms with E-state index in [1.54, 1.807) is 0 Å². The van der Waals surface area contributed by atoms with Crippen LogP contribution in [-0.4, -0.2) is 18.2 Å². The van der Waals surface area contributed by atoms with Crippen molar-refractivity contribution in [3.8, 4) is 5.75 Å². The molecule has 3 nitrogen and oxygen atoms in total. The number of aromatic hydroxyl groups is 1. The van der Waals surface area contributed by atoms with Gasteiger partial charge in [0.2, 0.25) is 0 Å². The van der Waals surface area contributed by atoms with Gasteiger partial charge in [0.25, 0.3) is 0 Å². The molecule has 0 radical (unpaired) electrons. The standard InChI is InChI=1S/C11H18N2O/c1-8-5-10(7-13-4-3-12)6-9(2)11(8)14/h5-6,13-14H,3-4,7,12H2,1-2H3. The third kappa shape index (κ3) is 2.72. The molecule has 3 heteroatoms. The van der Waals surface area contributed by atoms with Crippen molar-refractivity contribution in [3.63, 3.8) is 0 Å². The van der Waals surface area contributed by atoms with Gasteiger partial charge in [-0.05, 0) is 30.5 Å². The lowest BCUT2D eigenvalue weighted by molar-refractivity contribution is 0.466. The summed E-state index contributed by atoms with van der Waals surface area (Å²) in [5.74, 6) is 0.396. The maximum atomic E-state index is 9.56. The van der Waals surface area contributed by atoms with E-state index in [-0.39, 0.29) is 0 Å². The van der Waals surface area contributed by atoms with Crippen LogP contribution in [0.2, 0.25) is 0 Å². The van der Waals surface area contributed by atoms with Gasteiger partial charge in [-0.2, -0.15) is 0 Å². The average Bonchev–Trinajstić information content (AvgIpc) is 2.14. The van der Waals surface area contributed by atoms with Gasteiger partial charge in [-0.15, -0.1) is 0 Å². The van der Waals surface area contributed by atoms with E-state index < -0.39 is 0 Å². The molecule has 0 aliphatic carbocycles. The van der Waals surface area contributed by atoms with Gasteiger partial charge in [0.05, 0.1) is 0 Å². The minimum absolute atomic E-state index is 0.396. The Labute approximate surface area is 84.9 Å². The van der Waals surface area contributed by atoms with Crippen LogP contribution < -0.4 is 11.1 Å². The SMILES string of the molecule is Cc1cc(CNCCN)cc(C)c1O. The second-order valence-corrected chi connectivity index (χ2v) is 3.54. The number of hydrogen-bond acceptors (Lipinski definition) is 3. The van der Waals surface area contributed by atoms with Crippen LogP contribution in [0.3, 0.4) is 0 Å². The molecule has 0 fully saturated rings. The number of nitrogens with two attached hydrogens (primary N) is 1. The monoisotopic (exact) mass is 194 g/mol. The molecular formula is C11H18N2O. The molecule has 1 rings (SSSR count). The lowest BCUT2D eigenvalue weighted by Gasteiger charge is -2.08. The Bertz CT molecular complexity index is 287. The van der Waals surface area contributed by atoms with Crippen LogP contribution in [0.1, 0.15) is 16.7 Å². The number of rotatable bonds is 4. The summed E-state index contributed by atoms with van der Waals surface area (Å²) >= 11 is 0. The molecule has 0 saturated carbocycles. The fourth-order valence-corrected chi connectivity index (χ4v) is 1.48. The topological polar surface area (TPSA) is 58.3 Å². The van der Waals surface area contributed by atoms with Crippen LogP contribution in [0, 0.1) is 13.8 Å². The van der Waals surface area contributed by atoms with Crippen molar-refractivity contribution in [2.24, 2.45) is 5.73 Å². The molecule has 4 N–H and O–H groups in total. The van der Waals surface area contributed by atoms with Crippen LogP contribution >= 0.6 is 0 Å². The minimum atomic E-state index is 0.396. The number of phenolic OH excluding ortho intramolecular Hbond substituents is 1. The highest BCUT2D eigenvalue weighted by Gasteiger charge is 2.02. The van der Waals surface area contributed by atoms with Crippen molar-refractivity contribution < 1.29 is 5.11 Å². The molecule has 0 heterocycles. The maximum absolute atomic E-state index is 9.56. The van der Waals surface area contributed by atoms with Gasteiger partial charge >= 0.3 is 0 Å². The molecule has 0 aromatic heterocycles. The lowest BCUT2D eigenvalue weighted by atomic mass is 10.1. The summed E-state index contributed by atoms with van der Waals surface area (Å²) in [6.07, 6.45) is 0. The second-order valence-electron chi connectivity index (χ2n) is 3.54. The zero-order valence-electron chi connectivity index (χ0n) is 8.80. The first-order chi connectivity index (χ1) is 6.65. The van der Waals surface area contributed by atoms with Gasteiger partial charge in [-0.1, -0.05) is 12.1 Å². The fourth-order valence-electron chi connectivity index (χ4n) is 1.48. The molecular weight excluding hydrogens is 176 g/mol. The van der Waals surface area contributed by atoms with Gasteiger partial charge in [-0.25, -0.2) is 0 Å². The molecule has 0 aliphatic rings. The Morgan fingerprint density at radius 2 is 1.86 bits per heavy atom. The number of hydrogen-bond donors (Lipinski definition) is 3. The van der Waals surface area contributed by atoms with Crippen molar-refractivity contribution in [1.29, 1.82) is 0 Å². The van der Waals surface area contributed by atoms with E-state index in [9.17, 15) is 5.11 Å². The van der Waals surface area contributed by atoms with Crippen molar-refractivity contribution in [3.05, 3.63) is 28.8 Å². The molecule has 1 aromatic rings. The fraction of sp³-hybridized carbons (Fsp3) is 0.455. The summed E-state index contributed by atoms with van der Waals surface area (Å²) in [6, 6.07) is 3.98. The Morgan fingerprint density at radius 3 is 2.36 bits per heavy atom. The van der Waals surface area contributed by atoms with Crippen molar-refractivity contribution in [2.75, 3.05) is 13.1 Å². The summed E-state index contributed by atoms with van der Waals surface area (Å²) in [4.78, 5) is 0. The molecule has 1 aromatic carbocycles. The highest BCUT2D eigenvalue weighted by molar-refractivity contribution is 5.42. The van der Waals surface area contributed by atoms with Gasteiger partial charge < -0.3 is 16.2 Å². The summed E-state index contributed by atoms with van der Waals surface area (Å²) < 4.78 is 0. The third-order valence-electron chi connectivity index (χ3n) is 2.20. The van der Waals surface area contributed by atoms with Gasteiger partial charge in [0.1, 0.15) is 5.75 Å². The van der Waals surface area contributed by atoms with Gasteiger partial charge in [-0.3, -0.25) is 0 Å². The molecule has 0 aliphatic heterocycles. The molecule has 0 atom stereocenters. The van der Waals surface area contributed by atoms with Crippen molar-refractivity contribution >= 4 is 0 Å². The normalized spacial score (nSPS) is 10.5. The summed E-state index contributed by atoms with van der Waals surface area (Å²) in [7, 11) is 0. The predicted molar refractivity (Wildman–Crippen MR) is 58.3 cm³/mol. The third-order valence-corrected chi connectivity index (χ3v) is 2.20. The first kappa shape index (κ1) is 11.0. The summed E-state index contributed by atoms with van der Waals surface area (Å²) in [5.41, 5.74) is 8.41. The second kappa shape index (κ2) is 4.98. The smallest absolute Gasteiger partial charge is 0.121 e. The Hall–Kier alpha value is -1.06. The maximum Gasteiger partial charge on any atom is 0.121 e. The molecule has 0 bridgehead atoms. The molecule has 0 unspecified atom stereocenters.